The average Bonchev–Trinajstić information content (AvgIpc) is 2.35. The van der Waals surface area contributed by atoms with Gasteiger partial charge < -0.3 is 15.4 Å². The Hall–Kier alpha value is -0.160. The Bertz CT molecular complexity index is 172. The Morgan fingerprint density at radius 2 is 2.06 bits per heavy atom. The molecule has 0 aliphatic carbocycles. The Kier molecular flexibility index (Phi) is 8.61. The molecule has 0 radical (unpaired) electrons. The van der Waals surface area contributed by atoms with Crippen LogP contribution in [0.1, 0.15) is 26.7 Å². The third-order valence-electron chi connectivity index (χ3n) is 3.19. The van der Waals surface area contributed by atoms with Crippen LogP contribution in [0.4, 0.5) is 0 Å². The van der Waals surface area contributed by atoms with Crippen LogP contribution >= 0.6 is 0 Å². The van der Waals surface area contributed by atoms with Crippen LogP contribution in [-0.4, -0.2) is 63.4 Å². The maximum Gasteiger partial charge on any atom is 0.0594 e. The van der Waals surface area contributed by atoms with Crippen LogP contribution in [-0.2, 0) is 4.74 Å². The molecule has 0 amide bonds. The fourth-order valence-electron chi connectivity index (χ4n) is 2.12. The molecule has 1 heterocycles. The molecule has 0 saturated carbocycles. The molecule has 0 aromatic rings. The van der Waals surface area contributed by atoms with Crippen molar-refractivity contribution in [1.82, 2.24) is 15.5 Å². The monoisotopic (exact) mass is 243 g/mol. The highest BCUT2D eigenvalue weighted by Gasteiger charge is 2.07. The number of hydrogen-bond donors (Lipinski definition) is 2. The SMILES string of the molecule is CCCC(C)OCCNCCN1CCNCC1. The molecule has 0 aromatic carbocycles. The lowest BCUT2D eigenvalue weighted by molar-refractivity contribution is 0.0615. The van der Waals surface area contributed by atoms with Gasteiger partial charge in [-0.3, -0.25) is 4.90 Å². The first kappa shape index (κ1) is 14.9. The molecule has 102 valence electrons. The van der Waals surface area contributed by atoms with Gasteiger partial charge in [0.25, 0.3) is 0 Å². The summed E-state index contributed by atoms with van der Waals surface area (Å²) in [6.45, 7) is 13.0. The first-order chi connectivity index (χ1) is 8.33. The van der Waals surface area contributed by atoms with E-state index in [4.69, 9.17) is 4.74 Å². The normalized spacial score (nSPS) is 19.4. The Morgan fingerprint density at radius 1 is 1.29 bits per heavy atom. The average molecular weight is 243 g/mol. The lowest BCUT2D eigenvalue weighted by atomic mass is 10.2. The molecule has 1 aliphatic rings. The van der Waals surface area contributed by atoms with E-state index in [1.54, 1.807) is 0 Å². The molecule has 1 rings (SSSR count). The second-order valence-corrected chi connectivity index (χ2v) is 4.81. The summed E-state index contributed by atoms with van der Waals surface area (Å²) in [5.74, 6) is 0. The predicted molar refractivity (Wildman–Crippen MR) is 72.5 cm³/mol. The molecular formula is C13H29N3O. The highest BCUT2D eigenvalue weighted by atomic mass is 16.5. The third kappa shape index (κ3) is 7.71. The zero-order valence-electron chi connectivity index (χ0n) is 11.5. The molecular weight excluding hydrogens is 214 g/mol. The van der Waals surface area contributed by atoms with Gasteiger partial charge in [0.2, 0.25) is 0 Å². The number of piperazine rings is 1. The van der Waals surface area contributed by atoms with Crippen molar-refractivity contribution in [1.29, 1.82) is 0 Å². The van der Waals surface area contributed by atoms with Gasteiger partial charge in [-0.1, -0.05) is 13.3 Å². The van der Waals surface area contributed by atoms with Crippen LogP contribution in [0.3, 0.4) is 0 Å². The summed E-state index contributed by atoms with van der Waals surface area (Å²) in [7, 11) is 0. The van der Waals surface area contributed by atoms with Gasteiger partial charge in [0, 0.05) is 45.8 Å². The van der Waals surface area contributed by atoms with Gasteiger partial charge >= 0.3 is 0 Å². The van der Waals surface area contributed by atoms with E-state index in [0.717, 1.165) is 39.3 Å². The van der Waals surface area contributed by atoms with Gasteiger partial charge in [0.1, 0.15) is 0 Å². The van der Waals surface area contributed by atoms with Crippen molar-refractivity contribution in [2.45, 2.75) is 32.8 Å². The Balaban J connectivity index is 1.83. The van der Waals surface area contributed by atoms with E-state index >= 15 is 0 Å². The van der Waals surface area contributed by atoms with E-state index in [0.29, 0.717) is 6.10 Å². The molecule has 1 aliphatic heterocycles. The summed E-state index contributed by atoms with van der Waals surface area (Å²) in [4.78, 5) is 2.50. The lowest BCUT2D eigenvalue weighted by Gasteiger charge is -2.27. The van der Waals surface area contributed by atoms with Crippen LogP contribution in [0.2, 0.25) is 0 Å². The molecule has 0 bridgehead atoms. The summed E-state index contributed by atoms with van der Waals surface area (Å²) < 4.78 is 5.69. The van der Waals surface area contributed by atoms with Crippen LogP contribution in [0.5, 0.6) is 0 Å². The number of rotatable bonds is 9. The quantitative estimate of drug-likeness (QED) is 0.584. The van der Waals surface area contributed by atoms with Crippen molar-refractivity contribution in [2.24, 2.45) is 0 Å². The van der Waals surface area contributed by atoms with E-state index in [1.165, 1.54) is 25.9 Å². The first-order valence-electron chi connectivity index (χ1n) is 7.08. The molecule has 4 heteroatoms. The summed E-state index contributed by atoms with van der Waals surface area (Å²) in [5.41, 5.74) is 0. The predicted octanol–water partition coefficient (Wildman–Crippen LogP) is 0.686. The summed E-state index contributed by atoms with van der Waals surface area (Å²) in [6.07, 6.45) is 2.79. The van der Waals surface area contributed by atoms with Crippen LogP contribution in [0, 0.1) is 0 Å². The lowest BCUT2D eigenvalue weighted by Crippen LogP contribution is -2.45. The molecule has 1 atom stereocenters. The van der Waals surface area contributed by atoms with Gasteiger partial charge in [-0.05, 0) is 13.3 Å². The maximum absolute atomic E-state index is 5.69. The fraction of sp³-hybridized carbons (Fsp3) is 1.00. The molecule has 1 saturated heterocycles. The highest BCUT2D eigenvalue weighted by Crippen LogP contribution is 1.99. The van der Waals surface area contributed by atoms with E-state index < -0.39 is 0 Å². The molecule has 2 N–H and O–H groups in total. The fourth-order valence-corrected chi connectivity index (χ4v) is 2.12. The smallest absolute Gasteiger partial charge is 0.0594 e. The van der Waals surface area contributed by atoms with Gasteiger partial charge in [-0.15, -0.1) is 0 Å². The van der Waals surface area contributed by atoms with Crippen molar-refractivity contribution in [2.75, 3.05) is 52.4 Å². The molecule has 17 heavy (non-hydrogen) atoms. The van der Waals surface area contributed by atoms with Crippen molar-refractivity contribution in [3.8, 4) is 0 Å². The molecule has 0 spiro atoms. The number of nitrogens with zero attached hydrogens (tertiary/aromatic N) is 1. The number of nitrogens with one attached hydrogen (secondary N) is 2. The second-order valence-electron chi connectivity index (χ2n) is 4.81. The Labute approximate surface area is 106 Å². The summed E-state index contributed by atoms with van der Waals surface area (Å²) >= 11 is 0. The molecule has 0 aromatic heterocycles. The standard InChI is InChI=1S/C13H29N3O/c1-3-4-13(2)17-12-8-15-7-11-16-9-5-14-6-10-16/h13-15H,3-12H2,1-2H3. The largest absolute Gasteiger partial charge is 0.377 e. The van der Waals surface area contributed by atoms with Crippen LogP contribution < -0.4 is 10.6 Å². The van der Waals surface area contributed by atoms with Crippen molar-refractivity contribution >= 4 is 0 Å². The minimum Gasteiger partial charge on any atom is -0.377 e. The third-order valence-corrected chi connectivity index (χ3v) is 3.19. The van der Waals surface area contributed by atoms with Gasteiger partial charge in [-0.25, -0.2) is 0 Å². The molecule has 4 nitrogen and oxygen atoms in total. The highest BCUT2D eigenvalue weighted by molar-refractivity contribution is 4.68. The first-order valence-corrected chi connectivity index (χ1v) is 7.08. The zero-order valence-corrected chi connectivity index (χ0v) is 11.5. The van der Waals surface area contributed by atoms with Crippen molar-refractivity contribution < 1.29 is 4.74 Å². The topological polar surface area (TPSA) is 36.5 Å². The zero-order chi connectivity index (χ0) is 12.3. The summed E-state index contributed by atoms with van der Waals surface area (Å²) in [6, 6.07) is 0. The van der Waals surface area contributed by atoms with Gasteiger partial charge in [0.05, 0.1) is 12.7 Å². The van der Waals surface area contributed by atoms with Crippen molar-refractivity contribution in [3.63, 3.8) is 0 Å². The van der Waals surface area contributed by atoms with Gasteiger partial charge in [0.15, 0.2) is 0 Å². The molecule has 1 unspecified atom stereocenters. The van der Waals surface area contributed by atoms with Crippen LogP contribution in [0.15, 0.2) is 0 Å². The molecule has 1 fully saturated rings. The van der Waals surface area contributed by atoms with E-state index in [-0.39, 0.29) is 0 Å². The summed E-state index contributed by atoms with van der Waals surface area (Å²) in [5, 5.41) is 6.81. The number of ether oxygens (including phenoxy) is 1. The Morgan fingerprint density at radius 3 is 2.76 bits per heavy atom. The van der Waals surface area contributed by atoms with E-state index in [2.05, 4.69) is 29.4 Å². The second kappa shape index (κ2) is 9.83. The minimum absolute atomic E-state index is 0.412. The van der Waals surface area contributed by atoms with Crippen LogP contribution in [0.25, 0.3) is 0 Å². The van der Waals surface area contributed by atoms with Crippen molar-refractivity contribution in [3.05, 3.63) is 0 Å². The number of hydrogen-bond acceptors (Lipinski definition) is 4. The van der Waals surface area contributed by atoms with Gasteiger partial charge in [-0.2, -0.15) is 0 Å². The maximum atomic E-state index is 5.69. The minimum atomic E-state index is 0.412. The van der Waals surface area contributed by atoms with E-state index in [9.17, 15) is 0 Å². The van der Waals surface area contributed by atoms with E-state index in [1.807, 2.05) is 0 Å².